The highest BCUT2D eigenvalue weighted by Crippen LogP contribution is 2.31. The monoisotopic (exact) mass is 317 g/mol. The Morgan fingerprint density at radius 1 is 1.18 bits per heavy atom. The molecular weight excluding hydrogens is 298 g/mol. The summed E-state index contributed by atoms with van der Waals surface area (Å²) in [7, 11) is 1.64. The Morgan fingerprint density at radius 3 is 2.64 bits per heavy atom. The summed E-state index contributed by atoms with van der Waals surface area (Å²) in [4.78, 5) is 0. The molecule has 0 saturated carbocycles. The Bertz CT molecular complexity index is 611. The van der Waals surface area contributed by atoms with Crippen LogP contribution in [0.3, 0.4) is 0 Å². The van der Waals surface area contributed by atoms with Gasteiger partial charge in [-0.2, -0.15) is 0 Å². The van der Waals surface area contributed by atoms with Gasteiger partial charge in [-0.25, -0.2) is 0 Å². The van der Waals surface area contributed by atoms with Gasteiger partial charge in [0.25, 0.3) is 0 Å². The van der Waals surface area contributed by atoms with Gasteiger partial charge >= 0.3 is 0 Å². The second kappa shape index (κ2) is 8.47. The Balaban J connectivity index is 2.12. The summed E-state index contributed by atoms with van der Waals surface area (Å²) < 4.78 is 11.4. The smallest absolute Gasteiger partial charge is 0.166 e. The summed E-state index contributed by atoms with van der Waals surface area (Å²) in [6, 6.07) is 13.5. The highest BCUT2D eigenvalue weighted by molar-refractivity contribution is 6.30. The van der Waals surface area contributed by atoms with Gasteiger partial charge in [-0.05, 0) is 23.8 Å². The van der Waals surface area contributed by atoms with Crippen LogP contribution >= 0.6 is 11.6 Å². The molecule has 22 heavy (non-hydrogen) atoms. The maximum Gasteiger partial charge on any atom is 0.166 e. The molecule has 0 aliphatic rings. The first-order chi connectivity index (χ1) is 10.7. The number of halogens is 1. The van der Waals surface area contributed by atoms with Gasteiger partial charge in [0.05, 0.1) is 7.11 Å². The molecule has 4 heteroatoms. The molecular formula is C18H20ClNO2. The summed E-state index contributed by atoms with van der Waals surface area (Å²) >= 11 is 5.90. The molecule has 1 N–H and O–H groups in total. The molecule has 0 aliphatic carbocycles. The zero-order valence-electron chi connectivity index (χ0n) is 12.6. The van der Waals surface area contributed by atoms with Gasteiger partial charge in [0.1, 0.15) is 6.61 Å². The topological polar surface area (TPSA) is 30.5 Å². The molecule has 2 rings (SSSR count). The van der Waals surface area contributed by atoms with Crippen molar-refractivity contribution in [3.8, 4) is 11.5 Å². The summed E-state index contributed by atoms with van der Waals surface area (Å²) in [5.74, 6) is 1.49. The van der Waals surface area contributed by atoms with Crippen molar-refractivity contribution in [3.05, 3.63) is 71.3 Å². The van der Waals surface area contributed by atoms with Crippen LogP contribution in [0.15, 0.2) is 55.1 Å². The number of hydrogen-bond donors (Lipinski definition) is 1. The lowest BCUT2D eigenvalue weighted by molar-refractivity contribution is 0.281. The Labute approximate surface area is 136 Å². The quantitative estimate of drug-likeness (QED) is 0.584. The van der Waals surface area contributed by atoms with E-state index in [0.29, 0.717) is 13.2 Å². The Morgan fingerprint density at radius 2 is 1.95 bits per heavy atom. The third-order valence-electron chi connectivity index (χ3n) is 3.18. The predicted octanol–water partition coefficient (Wildman–Crippen LogP) is 4.20. The molecule has 0 unspecified atom stereocenters. The van der Waals surface area contributed by atoms with Crippen molar-refractivity contribution in [1.29, 1.82) is 0 Å². The third kappa shape index (κ3) is 4.52. The van der Waals surface area contributed by atoms with Crippen LogP contribution in [0.2, 0.25) is 5.02 Å². The number of ether oxygens (including phenoxy) is 2. The van der Waals surface area contributed by atoms with E-state index in [9.17, 15) is 0 Å². The van der Waals surface area contributed by atoms with Crippen LogP contribution in [0, 0.1) is 0 Å². The van der Waals surface area contributed by atoms with Crippen LogP contribution in [0.1, 0.15) is 11.1 Å². The molecule has 0 spiro atoms. The Kier molecular flexibility index (Phi) is 6.31. The van der Waals surface area contributed by atoms with Gasteiger partial charge in [0.2, 0.25) is 0 Å². The molecule has 0 atom stereocenters. The van der Waals surface area contributed by atoms with Crippen LogP contribution < -0.4 is 14.8 Å². The minimum absolute atomic E-state index is 0.464. The fourth-order valence-electron chi connectivity index (χ4n) is 2.07. The number of benzene rings is 2. The van der Waals surface area contributed by atoms with Gasteiger partial charge in [-0.3, -0.25) is 0 Å². The Hall–Kier alpha value is -1.97. The zero-order valence-corrected chi connectivity index (χ0v) is 13.4. The van der Waals surface area contributed by atoms with E-state index in [1.165, 1.54) is 0 Å². The van der Waals surface area contributed by atoms with Crippen LogP contribution in [0.5, 0.6) is 11.5 Å². The van der Waals surface area contributed by atoms with E-state index in [0.717, 1.165) is 34.2 Å². The lowest BCUT2D eigenvalue weighted by atomic mass is 10.1. The van der Waals surface area contributed by atoms with Crippen LogP contribution in [-0.4, -0.2) is 13.7 Å². The standard InChI is InChI=1S/C18H20ClNO2/c1-3-11-20-12-15-5-4-6-17(21-2)18(15)22-13-14-7-9-16(19)10-8-14/h3-10,20H,1,11-13H2,2H3. The molecule has 116 valence electrons. The number of hydrogen-bond acceptors (Lipinski definition) is 3. The fourth-order valence-corrected chi connectivity index (χ4v) is 2.20. The number of nitrogens with one attached hydrogen (secondary N) is 1. The molecule has 0 aliphatic heterocycles. The highest BCUT2D eigenvalue weighted by atomic mass is 35.5. The highest BCUT2D eigenvalue weighted by Gasteiger charge is 2.10. The van der Waals surface area contributed by atoms with Crippen LogP contribution in [0.4, 0.5) is 0 Å². The molecule has 0 radical (unpaired) electrons. The molecule has 0 saturated heterocycles. The summed E-state index contributed by atoms with van der Waals surface area (Å²) in [5.41, 5.74) is 2.11. The normalized spacial score (nSPS) is 10.3. The van der Waals surface area contributed by atoms with Crippen molar-refractivity contribution in [3.63, 3.8) is 0 Å². The molecule has 0 amide bonds. The predicted molar refractivity (Wildman–Crippen MR) is 90.7 cm³/mol. The average Bonchev–Trinajstić information content (AvgIpc) is 2.55. The first kappa shape index (κ1) is 16.4. The minimum Gasteiger partial charge on any atom is -0.493 e. The average molecular weight is 318 g/mol. The molecule has 0 bridgehead atoms. The van der Waals surface area contributed by atoms with Gasteiger partial charge in [-0.15, -0.1) is 6.58 Å². The van der Waals surface area contributed by atoms with Crippen LogP contribution in [0.25, 0.3) is 0 Å². The summed E-state index contributed by atoms with van der Waals surface area (Å²) in [6.07, 6.45) is 1.83. The fraction of sp³-hybridized carbons (Fsp3) is 0.222. The number of methoxy groups -OCH3 is 1. The van der Waals surface area contributed by atoms with Crippen molar-refractivity contribution in [2.45, 2.75) is 13.2 Å². The van der Waals surface area contributed by atoms with Crippen molar-refractivity contribution < 1.29 is 9.47 Å². The number of rotatable bonds is 8. The van der Waals surface area contributed by atoms with Gasteiger partial charge < -0.3 is 14.8 Å². The van der Waals surface area contributed by atoms with E-state index in [1.807, 2.05) is 48.5 Å². The molecule has 0 heterocycles. The molecule has 0 fully saturated rings. The second-order valence-corrected chi connectivity index (χ2v) is 5.22. The lowest BCUT2D eigenvalue weighted by Crippen LogP contribution is -2.14. The van der Waals surface area contributed by atoms with Crippen molar-refractivity contribution in [2.24, 2.45) is 0 Å². The molecule has 2 aromatic carbocycles. The molecule has 3 nitrogen and oxygen atoms in total. The first-order valence-corrected chi connectivity index (χ1v) is 7.47. The van der Waals surface area contributed by atoms with Gasteiger partial charge in [0, 0.05) is 23.7 Å². The van der Waals surface area contributed by atoms with Crippen molar-refractivity contribution >= 4 is 11.6 Å². The van der Waals surface area contributed by atoms with E-state index < -0.39 is 0 Å². The van der Waals surface area contributed by atoms with E-state index in [4.69, 9.17) is 21.1 Å². The van der Waals surface area contributed by atoms with Crippen molar-refractivity contribution in [1.82, 2.24) is 5.32 Å². The van der Waals surface area contributed by atoms with Crippen molar-refractivity contribution in [2.75, 3.05) is 13.7 Å². The number of para-hydroxylation sites is 1. The van der Waals surface area contributed by atoms with Crippen LogP contribution in [-0.2, 0) is 13.2 Å². The first-order valence-electron chi connectivity index (χ1n) is 7.09. The zero-order chi connectivity index (χ0) is 15.8. The van der Waals surface area contributed by atoms with E-state index in [-0.39, 0.29) is 0 Å². The third-order valence-corrected chi connectivity index (χ3v) is 3.43. The van der Waals surface area contributed by atoms with E-state index >= 15 is 0 Å². The summed E-state index contributed by atoms with van der Waals surface area (Å²) in [5, 5.41) is 4.00. The minimum atomic E-state index is 0.464. The lowest BCUT2D eigenvalue weighted by Gasteiger charge is -2.15. The summed E-state index contributed by atoms with van der Waals surface area (Å²) in [6.45, 7) is 5.60. The second-order valence-electron chi connectivity index (χ2n) is 4.78. The van der Waals surface area contributed by atoms with Gasteiger partial charge in [-0.1, -0.05) is 41.9 Å². The van der Waals surface area contributed by atoms with Gasteiger partial charge in [0.15, 0.2) is 11.5 Å². The SMILES string of the molecule is C=CCNCc1cccc(OC)c1OCc1ccc(Cl)cc1. The maximum atomic E-state index is 5.98. The largest absolute Gasteiger partial charge is 0.493 e. The molecule has 0 aromatic heterocycles. The molecule has 2 aromatic rings. The maximum absolute atomic E-state index is 5.98. The van der Waals surface area contributed by atoms with E-state index in [1.54, 1.807) is 7.11 Å². The van der Waals surface area contributed by atoms with E-state index in [2.05, 4.69) is 11.9 Å².